The van der Waals surface area contributed by atoms with E-state index in [2.05, 4.69) is 19.3 Å². The summed E-state index contributed by atoms with van der Waals surface area (Å²) in [5.74, 6) is 0.385. The fourth-order valence-corrected chi connectivity index (χ4v) is 1.63. The topological polar surface area (TPSA) is 112 Å². The van der Waals surface area contributed by atoms with Crippen LogP contribution in [0, 0.1) is 11.3 Å². The molecular weight excluding hydrogens is 308 g/mol. The highest BCUT2D eigenvalue weighted by Crippen LogP contribution is 2.16. The molecule has 1 rings (SSSR count). The van der Waals surface area contributed by atoms with Gasteiger partial charge in [0.15, 0.2) is 0 Å². The Morgan fingerprint density at radius 1 is 1.55 bits per heavy atom. The largest absolute Gasteiger partial charge is 0.483 e. The third kappa shape index (κ3) is 9.98. The molecule has 0 aliphatic carbocycles. The van der Waals surface area contributed by atoms with Gasteiger partial charge in [0.2, 0.25) is 5.96 Å². The fourth-order valence-electron chi connectivity index (χ4n) is 1.43. The molecule has 0 aliphatic rings. The minimum atomic E-state index is -0.250. The van der Waals surface area contributed by atoms with Crippen molar-refractivity contribution in [2.75, 3.05) is 6.61 Å². The van der Waals surface area contributed by atoms with Gasteiger partial charge in [0, 0.05) is 5.02 Å². The Kier molecular flexibility index (Phi) is 10.8. The minimum Gasteiger partial charge on any atom is -0.483 e. The van der Waals surface area contributed by atoms with Gasteiger partial charge in [-0.05, 0) is 24.0 Å². The molecule has 1 aromatic rings. The minimum absolute atomic E-state index is 0.170. The van der Waals surface area contributed by atoms with Crippen molar-refractivity contribution < 1.29 is 14.7 Å². The summed E-state index contributed by atoms with van der Waals surface area (Å²) in [7, 11) is 0. The zero-order valence-corrected chi connectivity index (χ0v) is 13.5. The van der Waals surface area contributed by atoms with Crippen molar-refractivity contribution >= 4 is 24.0 Å². The lowest BCUT2D eigenvalue weighted by Gasteiger charge is -2.23. The van der Waals surface area contributed by atoms with E-state index in [1.165, 1.54) is 5.17 Å². The van der Waals surface area contributed by atoms with Crippen LogP contribution in [0.4, 0.5) is 0 Å². The highest BCUT2D eigenvalue weighted by atomic mass is 35.5. The molecule has 8 heteroatoms. The van der Waals surface area contributed by atoms with Gasteiger partial charge < -0.3 is 10.8 Å². The average molecular weight is 331 g/mol. The molecule has 1 aromatic carbocycles. The van der Waals surface area contributed by atoms with Crippen molar-refractivity contribution in [2.24, 2.45) is 11.7 Å². The smallest absolute Gasteiger partial charge is 0.290 e. The summed E-state index contributed by atoms with van der Waals surface area (Å²) in [6.07, 6.45) is 0.929. The second kappa shape index (κ2) is 11.8. The first-order valence-corrected chi connectivity index (χ1v) is 7.10. The van der Waals surface area contributed by atoms with Crippen LogP contribution in [0.2, 0.25) is 5.02 Å². The zero-order valence-electron chi connectivity index (χ0n) is 12.8. The van der Waals surface area contributed by atoms with Crippen LogP contribution < -0.4 is 11.2 Å². The molecular formula is C14H23ClN4O3. The Morgan fingerprint density at radius 2 is 2.14 bits per heavy atom. The van der Waals surface area contributed by atoms with E-state index in [1.54, 1.807) is 0 Å². The Balaban J connectivity index is 0.00000135. The Labute approximate surface area is 135 Å². The molecule has 0 aliphatic heterocycles. The maximum Gasteiger partial charge on any atom is 0.290 e. The van der Waals surface area contributed by atoms with Crippen molar-refractivity contribution in [1.29, 1.82) is 5.41 Å². The molecule has 0 saturated heterocycles. The summed E-state index contributed by atoms with van der Waals surface area (Å²) >= 11 is 6.09. The summed E-state index contributed by atoms with van der Waals surface area (Å²) in [6.45, 7) is 4.97. The number of hydrogen-bond donors (Lipinski definition) is 4. The monoisotopic (exact) mass is 330 g/mol. The van der Waals surface area contributed by atoms with E-state index in [1.807, 2.05) is 24.3 Å². The van der Waals surface area contributed by atoms with E-state index in [4.69, 9.17) is 37.5 Å². The van der Waals surface area contributed by atoms with Gasteiger partial charge in [0.1, 0.15) is 0 Å². The summed E-state index contributed by atoms with van der Waals surface area (Å²) in [6, 6.07) is 7.50. The van der Waals surface area contributed by atoms with Gasteiger partial charge in [-0.25, -0.2) is 0 Å². The average Bonchev–Trinajstić information content (AvgIpc) is 2.41. The molecule has 0 aromatic heterocycles. The molecule has 5 N–H and O–H groups in total. The number of benzene rings is 1. The third-order valence-electron chi connectivity index (χ3n) is 2.46. The first-order chi connectivity index (χ1) is 10.4. The van der Waals surface area contributed by atoms with Gasteiger partial charge in [-0.1, -0.05) is 48.8 Å². The number of hydroxylamine groups is 1. The van der Waals surface area contributed by atoms with Gasteiger partial charge in [-0.2, -0.15) is 0 Å². The molecule has 0 saturated carbocycles. The lowest BCUT2D eigenvalue weighted by atomic mass is 10.1. The Morgan fingerprint density at radius 3 is 2.64 bits per heavy atom. The van der Waals surface area contributed by atoms with Gasteiger partial charge in [-0.3, -0.25) is 20.5 Å². The molecule has 0 atom stereocenters. The number of hydrogen-bond acceptors (Lipinski definition) is 4. The second-order valence-electron chi connectivity index (χ2n) is 4.77. The summed E-state index contributed by atoms with van der Waals surface area (Å²) in [5, 5.41) is 16.3. The van der Waals surface area contributed by atoms with E-state index >= 15 is 0 Å². The van der Waals surface area contributed by atoms with Crippen molar-refractivity contribution in [3.63, 3.8) is 0 Å². The molecule has 0 bridgehead atoms. The molecule has 0 spiro atoms. The van der Waals surface area contributed by atoms with E-state index in [-0.39, 0.29) is 12.4 Å². The lowest BCUT2D eigenvalue weighted by Crippen LogP contribution is -2.45. The highest BCUT2D eigenvalue weighted by Gasteiger charge is 2.10. The van der Waals surface area contributed by atoms with Crippen LogP contribution in [0.1, 0.15) is 25.8 Å². The number of halogens is 1. The number of carboxylic acid groups (broad SMARTS) is 1. The van der Waals surface area contributed by atoms with Crippen LogP contribution in [-0.2, 0) is 16.2 Å². The molecule has 0 amide bonds. The van der Waals surface area contributed by atoms with Crippen molar-refractivity contribution in [1.82, 2.24) is 10.6 Å². The number of hydrazine groups is 1. The van der Waals surface area contributed by atoms with Gasteiger partial charge in [-0.15, -0.1) is 0 Å². The number of nitrogens with one attached hydrogen (secondary N) is 2. The van der Waals surface area contributed by atoms with E-state index in [0.717, 1.165) is 12.0 Å². The maximum atomic E-state index is 8.36. The molecule has 0 heterocycles. The first kappa shape index (κ1) is 20.2. The zero-order chi connectivity index (χ0) is 17.0. The van der Waals surface area contributed by atoms with Crippen molar-refractivity contribution in [3.05, 3.63) is 34.9 Å². The van der Waals surface area contributed by atoms with E-state index in [9.17, 15) is 0 Å². The summed E-state index contributed by atoms with van der Waals surface area (Å²) in [5.41, 5.74) is 8.88. The van der Waals surface area contributed by atoms with Crippen molar-refractivity contribution in [3.8, 4) is 0 Å². The molecule has 0 unspecified atom stereocenters. The molecule has 22 heavy (non-hydrogen) atoms. The predicted octanol–water partition coefficient (Wildman–Crippen LogP) is 2.22. The van der Waals surface area contributed by atoms with Gasteiger partial charge >= 0.3 is 0 Å². The number of carbonyl (C=O) groups is 1. The Bertz CT molecular complexity index is 457. The summed E-state index contributed by atoms with van der Waals surface area (Å²) in [4.78, 5) is 13.9. The van der Waals surface area contributed by atoms with E-state index in [0.29, 0.717) is 24.1 Å². The normalized spacial score (nSPS) is 10.0. The van der Waals surface area contributed by atoms with Gasteiger partial charge in [0.05, 0.1) is 13.2 Å². The van der Waals surface area contributed by atoms with Crippen LogP contribution in [0.25, 0.3) is 0 Å². The molecule has 0 fully saturated rings. The lowest BCUT2D eigenvalue weighted by molar-refractivity contribution is -0.191. The SMILES string of the molecule is CC(C)CCON(Cc1ccccc1Cl)NC(=N)N.O=CO. The quantitative estimate of drug-likeness (QED) is 0.264. The van der Waals surface area contributed by atoms with Crippen molar-refractivity contribution in [2.45, 2.75) is 26.8 Å². The van der Waals surface area contributed by atoms with E-state index < -0.39 is 0 Å². The predicted molar refractivity (Wildman–Crippen MR) is 86.1 cm³/mol. The second-order valence-corrected chi connectivity index (χ2v) is 5.18. The van der Waals surface area contributed by atoms with Crippen LogP contribution >= 0.6 is 11.6 Å². The fraction of sp³-hybridized carbons (Fsp3) is 0.429. The molecule has 124 valence electrons. The van der Waals surface area contributed by atoms with Crippen LogP contribution in [-0.4, -0.2) is 29.3 Å². The number of guanidine groups is 1. The highest BCUT2D eigenvalue weighted by molar-refractivity contribution is 6.31. The third-order valence-corrected chi connectivity index (χ3v) is 2.83. The number of nitrogens with two attached hydrogens (primary N) is 1. The summed E-state index contributed by atoms with van der Waals surface area (Å²) < 4.78 is 0. The van der Waals surface area contributed by atoms with Crippen LogP contribution in [0.3, 0.4) is 0 Å². The number of nitrogens with zero attached hydrogens (tertiary/aromatic N) is 1. The van der Waals surface area contributed by atoms with Crippen LogP contribution in [0.5, 0.6) is 0 Å². The van der Waals surface area contributed by atoms with Gasteiger partial charge in [0.25, 0.3) is 6.47 Å². The standard InChI is InChI=1S/C13H21ClN4O.CH2O2/c1-10(2)7-8-19-18(17-13(15)16)9-11-5-3-4-6-12(11)14;2-1-3/h3-6,10H,7-9H2,1-2H3,(H4,15,16,17);1H,(H,2,3). The maximum absolute atomic E-state index is 8.36. The number of rotatable bonds is 7. The van der Waals surface area contributed by atoms with Crippen LogP contribution in [0.15, 0.2) is 24.3 Å². The first-order valence-electron chi connectivity index (χ1n) is 6.73. The molecule has 0 radical (unpaired) electrons. The Hall–Kier alpha value is -1.83. The molecule has 7 nitrogen and oxygen atoms in total.